The fraction of sp³-hybridized carbons (Fsp3) is 0.235. The van der Waals surface area contributed by atoms with Crippen molar-refractivity contribution in [2.75, 3.05) is 7.11 Å². The number of aryl methyl sites for hydroxylation is 1. The zero-order chi connectivity index (χ0) is 14.4. The van der Waals surface area contributed by atoms with Crippen LogP contribution in [-0.2, 0) is 9.53 Å². The van der Waals surface area contributed by atoms with Crippen LogP contribution in [0.1, 0.15) is 12.0 Å². The van der Waals surface area contributed by atoms with Crippen molar-refractivity contribution < 1.29 is 14.3 Å². The first-order valence-electron chi connectivity index (χ1n) is 6.55. The molecular formula is C17H18O3. The Morgan fingerprint density at radius 3 is 2.80 bits per heavy atom. The Hall–Kier alpha value is -2.13. The number of carbonyl (C=O) groups excluding carboxylic acids is 1. The van der Waals surface area contributed by atoms with Gasteiger partial charge in [-0.05, 0) is 36.6 Å². The van der Waals surface area contributed by atoms with Crippen LogP contribution in [0.4, 0.5) is 0 Å². The largest absolute Gasteiger partial charge is 0.423 e. The topological polar surface area (TPSA) is 35.5 Å². The molecule has 1 unspecified atom stereocenters. The molecule has 3 nitrogen and oxygen atoms in total. The van der Waals surface area contributed by atoms with E-state index in [4.69, 9.17) is 9.47 Å². The number of hydrogen-bond acceptors (Lipinski definition) is 3. The molecule has 104 valence electrons. The molecule has 3 heteroatoms. The highest BCUT2D eigenvalue weighted by Crippen LogP contribution is 2.17. The van der Waals surface area contributed by atoms with Crippen molar-refractivity contribution in [3.05, 3.63) is 65.8 Å². The lowest BCUT2D eigenvalue weighted by Gasteiger charge is -2.12. The molecule has 0 fully saturated rings. The third-order valence-corrected chi connectivity index (χ3v) is 3.11. The first-order valence-corrected chi connectivity index (χ1v) is 6.55. The average Bonchev–Trinajstić information content (AvgIpc) is 2.48. The van der Waals surface area contributed by atoms with E-state index < -0.39 is 0 Å². The highest BCUT2D eigenvalue weighted by Gasteiger charge is 2.06. The predicted octanol–water partition coefficient (Wildman–Crippen LogP) is 3.36. The summed E-state index contributed by atoms with van der Waals surface area (Å²) in [5, 5.41) is 0. The van der Waals surface area contributed by atoms with E-state index >= 15 is 0 Å². The minimum absolute atomic E-state index is 0.131. The molecule has 1 aromatic carbocycles. The number of rotatable bonds is 4. The van der Waals surface area contributed by atoms with E-state index in [-0.39, 0.29) is 12.1 Å². The minimum atomic E-state index is -0.373. The van der Waals surface area contributed by atoms with Crippen LogP contribution in [0.25, 0.3) is 0 Å². The number of allylic oxidation sites excluding steroid dienone is 3. The molecule has 0 amide bonds. The molecule has 0 heterocycles. The van der Waals surface area contributed by atoms with E-state index in [1.165, 1.54) is 6.08 Å². The number of esters is 1. The van der Waals surface area contributed by atoms with Crippen molar-refractivity contribution in [1.82, 2.24) is 0 Å². The summed E-state index contributed by atoms with van der Waals surface area (Å²) < 4.78 is 10.5. The van der Waals surface area contributed by atoms with Gasteiger partial charge < -0.3 is 9.47 Å². The summed E-state index contributed by atoms with van der Waals surface area (Å²) in [7, 11) is 1.68. The van der Waals surface area contributed by atoms with Gasteiger partial charge in [-0.2, -0.15) is 0 Å². The van der Waals surface area contributed by atoms with Crippen LogP contribution < -0.4 is 4.74 Å². The highest BCUT2D eigenvalue weighted by atomic mass is 16.5. The molecule has 0 N–H and O–H groups in total. The fourth-order valence-corrected chi connectivity index (χ4v) is 1.89. The van der Waals surface area contributed by atoms with Crippen LogP contribution >= 0.6 is 0 Å². The second kappa shape index (κ2) is 6.87. The smallest absolute Gasteiger partial charge is 0.336 e. The molecule has 0 aliphatic heterocycles. The van der Waals surface area contributed by atoms with Crippen molar-refractivity contribution in [1.29, 1.82) is 0 Å². The Morgan fingerprint density at radius 1 is 1.35 bits per heavy atom. The van der Waals surface area contributed by atoms with Crippen molar-refractivity contribution in [3.63, 3.8) is 0 Å². The van der Waals surface area contributed by atoms with Crippen LogP contribution in [0.2, 0.25) is 0 Å². The molecule has 1 atom stereocenters. The van der Waals surface area contributed by atoms with E-state index in [9.17, 15) is 4.79 Å². The summed E-state index contributed by atoms with van der Waals surface area (Å²) >= 11 is 0. The van der Waals surface area contributed by atoms with E-state index in [1.54, 1.807) is 19.3 Å². The quantitative estimate of drug-likeness (QED) is 0.478. The summed E-state index contributed by atoms with van der Waals surface area (Å²) in [6, 6.07) is 7.44. The van der Waals surface area contributed by atoms with Gasteiger partial charge in [0.15, 0.2) is 0 Å². The summed E-state index contributed by atoms with van der Waals surface area (Å²) in [6.07, 6.45) is 10.1. The molecule has 0 saturated carbocycles. The molecular weight excluding hydrogens is 252 g/mol. The van der Waals surface area contributed by atoms with E-state index in [0.717, 1.165) is 17.6 Å². The molecule has 0 spiro atoms. The van der Waals surface area contributed by atoms with Crippen LogP contribution in [-0.4, -0.2) is 19.2 Å². The third-order valence-electron chi connectivity index (χ3n) is 3.11. The summed E-state index contributed by atoms with van der Waals surface area (Å²) in [4.78, 5) is 11.7. The molecule has 0 saturated heterocycles. The third kappa shape index (κ3) is 3.93. The molecule has 1 aliphatic rings. The van der Waals surface area contributed by atoms with Crippen molar-refractivity contribution >= 4 is 5.97 Å². The monoisotopic (exact) mass is 270 g/mol. The summed E-state index contributed by atoms with van der Waals surface area (Å²) in [5.74, 6) is 0.220. The van der Waals surface area contributed by atoms with Gasteiger partial charge in [0.1, 0.15) is 5.75 Å². The van der Waals surface area contributed by atoms with Gasteiger partial charge in [0, 0.05) is 13.2 Å². The van der Waals surface area contributed by atoms with Crippen LogP contribution in [0.3, 0.4) is 0 Å². The number of hydrogen-bond donors (Lipinski definition) is 0. The Morgan fingerprint density at radius 2 is 2.15 bits per heavy atom. The zero-order valence-corrected chi connectivity index (χ0v) is 11.7. The standard InChI is InChI=1S/C17H18O3/c1-13-5-3-4-6-16(13)20-17(18)12-9-14-7-10-15(19-2)11-8-14/h3-10,12,15H,11H2,1-2H3/b12-9+. The lowest BCUT2D eigenvalue weighted by atomic mass is 10.0. The molecule has 2 rings (SSSR count). The van der Waals surface area contributed by atoms with E-state index in [1.807, 2.05) is 43.4 Å². The molecule has 20 heavy (non-hydrogen) atoms. The number of benzene rings is 1. The predicted molar refractivity (Wildman–Crippen MR) is 78.6 cm³/mol. The lowest BCUT2D eigenvalue weighted by molar-refractivity contribution is -0.129. The molecule has 1 aliphatic carbocycles. The summed E-state index contributed by atoms with van der Waals surface area (Å²) in [6.45, 7) is 1.91. The second-order valence-corrected chi connectivity index (χ2v) is 4.59. The maximum atomic E-state index is 11.7. The van der Waals surface area contributed by atoms with Crippen LogP contribution in [0.5, 0.6) is 5.75 Å². The Bertz CT molecular complexity index is 567. The van der Waals surface area contributed by atoms with Gasteiger partial charge in [0.2, 0.25) is 0 Å². The molecule has 1 aromatic rings. The SMILES string of the molecule is COC1C=CC(/C=C/C(=O)Oc2ccccc2C)=CC1. The van der Waals surface area contributed by atoms with Crippen molar-refractivity contribution in [2.24, 2.45) is 0 Å². The van der Waals surface area contributed by atoms with Gasteiger partial charge in [-0.1, -0.05) is 36.4 Å². The van der Waals surface area contributed by atoms with Crippen LogP contribution in [0, 0.1) is 6.92 Å². The zero-order valence-electron chi connectivity index (χ0n) is 11.7. The lowest BCUT2D eigenvalue weighted by Crippen LogP contribution is -2.08. The Labute approximate surface area is 119 Å². The van der Waals surface area contributed by atoms with Gasteiger partial charge in [-0.25, -0.2) is 4.79 Å². The van der Waals surface area contributed by atoms with Gasteiger partial charge in [0.25, 0.3) is 0 Å². The first-order chi connectivity index (χ1) is 9.69. The maximum Gasteiger partial charge on any atom is 0.336 e. The molecule has 0 aromatic heterocycles. The number of para-hydroxylation sites is 1. The van der Waals surface area contributed by atoms with Gasteiger partial charge in [0.05, 0.1) is 6.10 Å². The number of ether oxygens (including phenoxy) is 2. The molecule has 0 bridgehead atoms. The normalized spacial score (nSPS) is 18.1. The highest BCUT2D eigenvalue weighted by molar-refractivity contribution is 5.85. The Balaban J connectivity index is 1.92. The summed E-state index contributed by atoms with van der Waals surface area (Å²) in [5.41, 5.74) is 1.92. The first kappa shape index (κ1) is 14.3. The number of methoxy groups -OCH3 is 1. The van der Waals surface area contributed by atoms with E-state index in [2.05, 4.69) is 0 Å². The van der Waals surface area contributed by atoms with Gasteiger partial charge in [-0.15, -0.1) is 0 Å². The number of carbonyl (C=O) groups is 1. The average molecular weight is 270 g/mol. The van der Waals surface area contributed by atoms with Gasteiger partial charge >= 0.3 is 5.97 Å². The minimum Gasteiger partial charge on any atom is -0.423 e. The van der Waals surface area contributed by atoms with Crippen molar-refractivity contribution in [3.8, 4) is 5.75 Å². The second-order valence-electron chi connectivity index (χ2n) is 4.59. The Kier molecular flexibility index (Phi) is 4.91. The van der Waals surface area contributed by atoms with E-state index in [0.29, 0.717) is 5.75 Å². The van der Waals surface area contributed by atoms with Gasteiger partial charge in [-0.3, -0.25) is 0 Å². The maximum absolute atomic E-state index is 11.7. The molecule has 0 radical (unpaired) electrons. The van der Waals surface area contributed by atoms with Crippen LogP contribution in [0.15, 0.2) is 60.2 Å². The fourth-order valence-electron chi connectivity index (χ4n) is 1.89. The van der Waals surface area contributed by atoms with Crippen molar-refractivity contribution in [2.45, 2.75) is 19.4 Å².